The summed E-state index contributed by atoms with van der Waals surface area (Å²) in [5, 5.41) is -3.42. The highest BCUT2D eigenvalue weighted by Gasteiger charge is 2.44. The number of hydrogen-bond donors (Lipinski definition) is 0. The second kappa shape index (κ2) is 3.25. The van der Waals surface area contributed by atoms with Crippen molar-refractivity contribution in [1.82, 2.24) is 0 Å². The molecule has 7 heteroatoms. The van der Waals surface area contributed by atoms with E-state index in [1.54, 1.807) is 0 Å². The number of hydrogen-bond acceptors (Lipinski definition) is 1. The van der Waals surface area contributed by atoms with Crippen molar-refractivity contribution in [3.8, 4) is 0 Å². The van der Waals surface area contributed by atoms with Gasteiger partial charge in [0.2, 0.25) is 0 Å². The van der Waals surface area contributed by atoms with Crippen molar-refractivity contribution in [3.05, 3.63) is 0 Å². The van der Waals surface area contributed by atoms with Gasteiger partial charge in [0.25, 0.3) is 0 Å². The molecular formula is C5H6B6O. The Morgan fingerprint density at radius 2 is 1.08 bits per heavy atom. The van der Waals surface area contributed by atoms with Crippen molar-refractivity contribution >= 4 is 47.1 Å². The first-order valence-electron chi connectivity index (χ1n) is 3.34. The predicted octanol–water partition coefficient (Wildman–Crippen LogP) is -1.45. The highest BCUT2D eigenvalue weighted by Crippen LogP contribution is 2.44. The Labute approximate surface area is 82.2 Å². The Kier molecular flexibility index (Phi) is 3.34. The topological polar surface area (TPSA) is 9.23 Å². The predicted molar refractivity (Wildman–Crippen MR) is 55.3 cm³/mol. The van der Waals surface area contributed by atoms with Gasteiger partial charge >= 0.3 is 0 Å². The fraction of sp³-hybridized carbons (Fsp3) is 1.00. The van der Waals surface area contributed by atoms with Crippen LogP contribution >= 0.6 is 0 Å². The minimum absolute atomic E-state index is 1.32. The zero-order chi connectivity index (χ0) is 10.2. The number of ether oxygens (including phenoxy) is 1. The lowest BCUT2D eigenvalue weighted by Crippen LogP contribution is -2.54. The fourth-order valence-corrected chi connectivity index (χ4v) is 0.729. The molecule has 0 bridgehead atoms. The van der Waals surface area contributed by atoms with Crippen molar-refractivity contribution in [2.75, 3.05) is 7.11 Å². The Balaban J connectivity index is 4.95. The van der Waals surface area contributed by atoms with Gasteiger partial charge in [0.15, 0.2) is 0 Å². The van der Waals surface area contributed by atoms with Gasteiger partial charge in [-0.05, 0) is 6.92 Å². The second-order valence-electron chi connectivity index (χ2n) is 3.10. The first-order chi connectivity index (χ1) is 5.06. The zero-order valence-corrected chi connectivity index (χ0v) is 7.37. The van der Waals surface area contributed by atoms with Crippen molar-refractivity contribution in [2.24, 2.45) is 0 Å². The van der Waals surface area contributed by atoms with Gasteiger partial charge in [-0.15, -0.1) is 10.2 Å². The molecule has 0 saturated carbocycles. The minimum atomic E-state index is -1.71. The molecule has 1 nitrogen and oxygen atoms in total. The summed E-state index contributed by atoms with van der Waals surface area (Å²) in [6, 6.07) is 0. The maximum absolute atomic E-state index is 5.40. The summed E-state index contributed by atoms with van der Waals surface area (Å²) in [5.41, 5.74) is -1.42. The maximum Gasteiger partial charge on any atom is 0.0543 e. The molecule has 0 aromatic carbocycles. The maximum atomic E-state index is 5.40. The normalized spacial score (nSPS) is 14.5. The van der Waals surface area contributed by atoms with Gasteiger partial charge in [-0.1, -0.05) is 0 Å². The molecule has 12 radical (unpaired) electrons. The molecule has 12 heavy (non-hydrogen) atoms. The standard InChI is InChI=1S/C5H6B6O/c1-3(12-2,4(6,7)8)5(9,10)11/h1-2H3. The van der Waals surface area contributed by atoms with E-state index >= 15 is 0 Å². The highest BCUT2D eigenvalue weighted by atomic mass is 16.5. The summed E-state index contributed by atoms with van der Waals surface area (Å²) in [6.07, 6.45) is 0. The molecule has 0 saturated heterocycles. The van der Waals surface area contributed by atoms with Crippen LogP contribution in [0, 0.1) is 0 Å². The lowest BCUT2D eigenvalue weighted by atomic mass is 9.23. The fourth-order valence-electron chi connectivity index (χ4n) is 0.729. The van der Waals surface area contributed by atoms with Crippen LogP contribution in [0.25, 0.3) is 0 Å². The summed E-state index contributed by atoms with van der Waals surface area (Å²) >= 11 is 0. The highest BCUT2D eigenvalue weighted by molar-refractivity contribution is 6.65. The Morgan fingerprint density at radius 1 is 0.833 bits per heavy atom. The van der Waals surface area contributed by atoms with Crippen LogP contribution in [0.2, 0.25) is 10.2 Å². The molecule has 0 aliphatic carbocycles. The molecule has 0 amide bonds. The third kappa shape index (κ3) is 1.98. The van der Waals surface area contributed by atoms with Crippen molar-refractivity contribution < 1.29 is 4.74 Å². The first kappa shape index (κ1) is 12.3. The first-order valence-corrected chi connectivity index (χ1v) is 3.34. The molecule has 0 aliphatic heterocycles. The van der Waals surface area contributed by atoms with Crippen LogP contribution in [0.3, 0.4) is 0 Å². The van der Waals surface area contributed by atoms with Crippen LogP contribution in [0.5, 0.6) is 0 Å². The summed E-state index contributed by atoms with van der Waals surface area (Å²) < 4.78 is 4.92. The smallest absolute Gasteiger partial charge is 0.0543 e. The second-order valence-corrected chi connectivity index (χ2v) is 3.10. The SMILES string of the molecule is [B]C([B])([B])C(C)(OC)C([B])([B])[B]. The molecule has 50 valence electrons. The van der Waals surface area contributed by atoms with E-state index in [0.717, 1.165) is 0 Å². The van der Waals surface area contributed by atoms with Crippen LogP contribution in [-0.2, 0) is 4.74 Å². The van der Waals surface area contributed by atoms with E-state index in [0.29, 0.717) is 0 Å². The van der Waals surface area contributed by atoms with Gasteiger partial charge in [0.05, 0.1) is 47.1 Å². The third-order valence-corrected chi connectivity index (χ3v) is 2.06. The van der Waals surface area contributed by atoms with E-state index in [-0.39, 0.29) is 0 Å². The van der Waals surface area contributed by atoms with Crippen molar-refractivity contribution in [1.29, 1.82) is 0 Å². The van der Waals surface area contributed by atoms with E-state index < -0.39 is 15.8 Å². The van der Waals surface area contributed by atoms with Gasteiger partial charge < -0.3 is 4.74 Å². The molecule has 0 unspecified atom stereocenters. The van der Waals surface area contributed by atoms with Crippen LogP contribution in [-0.4, -0.2) is 59.8 Å². The van der Waals surface area contributed by atoms with Crippen LogP contribution in [0.1, 0.15) is 6.92 Å². The van der Waals surface area contributed by atoms with Gasteiger partial charge in [0, 0.05) is 12.7 Å². The molecule has 0 rings (SSSR count). The lowest BCUT2D eigenvalue weighted by molar-refractivity contribution is 0.00759. The average Bonchev–Trinajstić information content (AvgIpc) is 1.81. The minimum Gasteiger partial charge on any atom is -0.382 e. The number of methoxy groups -OCH3 is 1. The van der Waals surface area contributed by atoms with E-state index in [4.69, 9.17) is 51.8 Å². The van der Waals surface area contributed by atoms with Crippen molar-refractivity contribution in [2.45, 2.75) is 22.8 Å². The Bertz CT molecular complexity index is 142. The Morgan fingerprint density at radius 3 is 1.08 bits per heavy atom. The molecule has 0 N–H and O–H groups in total. The van der Waals surface area contributed by atoms with E-state index in [2.05, 4.69) is 0 Å². The molecule has 0 aromatic heterocycles. The van der Waals surface area contributed by atoms with Crippen molar-refractivity contribution in [3.63, 3.8) is 0 Å². The van der Waals surface area contributed by atoms with Gasteiger partial charge in [-0.3, -0.25) is 0 Å². The monoisotopic (exact) mass is 148 g/mol. The quantitative estimate of drug-likeness (QED) is 0.444. The van der Waals surface area contributed by atoms with Gasteiger partial charge in [-0.25, -0.2) is 0 Å². The Hall–Kier alpha value is 0.350. The molecular weight excluding hydrogens is 141 g/mol. The van der Waals surface area contributed by atoms with E-state index in [9.17, 15) is 0 Å². The molecule has 0 aliphatic rings. The summed E-state index contributed by atoms with van der Waals surface area (Å²) in [7, 11) is 33.7. The molecule has 0 fully saturated rings. The zero-order valence-electron chi connectivity index (χ0n) is 7.37. The van der Waals surface area contributed by atoms with E-state index in [1.807, 2.05) is 0 Å². The molecule has 0 aromatic rings. The molecule has 0 heterocycles. The summed E-state index contributed by atoms with van der Waals surface area (Å²) in [4.78, 5) is 0. The summed E-state index contributed by atoms with van der Waals surface area (Å²) in [5.74, 6) is 0. The van der Waals surface area contributed by atoms with Gasteiger partial charge in [-0.2, -0.15) is 0 Å². The molecule has 0 spiro atoms. The van der Waals surface area contributed by atoms with Crippen LogP contribution in [0.4, 0.5) is 0 Å². The average molecular weight is 147 g/mol. The van der Waals surface area contributed by atoms with Crippen LogP contribution in [0.15, 0.2) is 0 Å². The number of rotatable bonds is 3. The van der Waals surface area contributed by atoms with Gasteiger partial charge in [0.1, 0.15) is 0 Å². The third-order valence-electron chi connectivity index (χ3n) is 2.06. The summed E-state index contributed by atoms with van der Waals surface area (Å²) in [6.45, 7) is 1.44. The molecule has 0 atom stereocenters. The largest absolute Gasteiger partial charge is 0.382 e. The van der Waals surface area contributed by atoms with Crippen LogP contribution < -0.4 is 0 Å². The van der Waals surface area contributed by atoms with E-state index in [1.165, 1.54) is 14.0 Å². The lowest BCUT2D eigenvalue weighted by Gasteiger charge is -2.53.